The minimum Gasteiger partial charge on any atom is -0.379 e. The summed E-state index contributed by atoms with van der Waals surface area (Å²) < 4.78 is 5.49. The zero-order valence-electron chi connectivity index (χ0n) is 16.2. The van der Waals surface area contributed by atoms with E-state index in [1.54, 1.807) is 0 Å². The first-order chi connectivity index (χ1) is 12.6. The van der Waals surface area contributed by atoms with Gasteiger partial charge in [-0.15, -0.1) is 0 Å². The fraction of sp³-hybridized carbons (Fsp3) is 0.900. The van der Waals surface area contributed by atoms with Crippen molar-refractivity contribution in [3.8, 4) is 6.07 Å². The fourth-order valence-corrected chi connectivity index (χ4v) is 4.63. The molecule has 1 N–H and O–H groups in total. The Morgan fingerprint density at radius 1 is 1.19 bits per heavy atom. The average molecular weight is 363 g/mol. The van der Waals surface area contributed by atoms with Crippen LogP contribution in [0.5, 0.6) is 0 Å². The van der Waals surface area contributed by atoms with Gasteiger partial charge in [0.2, 0.25) is 5.91 Å². The Bertz CT molecular complexity index is 498. The third kappa shape index (κ3) is 4.97. The molecule has 1 aliphatic carbocycles. The molecule has 0 aromatic carbocycles. The number of likely N-dealkylation sites (tertiary alicyclic amines) is 1. The van der Waals surface area contributed by atoms with Gasteiger partial charge in [0.15, 0.2) is 0 Å². The SMILES string of the molecule is CN1CCC(C#N)(NC(=O)C(CC2CCCCC2)N2CCOCC2)CC1. The first-order valence-electron chi connectivity index (χ1n) is 10.4. The summed E-state index contributed by atoms with van der Waals surface area (Å²) in [5, 5.41) is 13.0. The zero-order valence-corrected chi connectivity index (χ0v) is 16.2. The second kappa shape index (κ2) is 9.16. The molecule has 2 saturated heterocycles. The Labute approximate surface area is 157 Å². The minimum atomic E-state index is -0.694. The number of nitrogens with zero attached hydrogens (tertiary/aromatic N) is 3. The van der Waals surface area contributed by atoms with Crippen molar-refractivity contribution in [2.75, 3.05) is 46.4 Å². The van der Waals surface area contributed by atoms with Gasteiger partial charge in [-0.3, -0.25) is 9.69 Å². The van der Waals surface area contributed by atoms with Gasteiger partial charge in [-0.25, -0.2) is 0 Å². The van der Waals surface area contributed by atoms with E-state index in [2.05, 4.69) is 28.2 Å². The van der Waals surface area contributed by atoms with Gasteiger partial charge in [-0.1, -0.05) is 32.1 Å². The number of piperidine rings is 1. The standard InChI is InChI=1S/C20H34N4O2/c1-23-9-7-20(16-21,8-10-23)22-19(25)18(24-11-13-26-14-12-24)15-17-5-3-2-4-6-17/h17-18H,2-15H2,1H3,(H,22,25). The summed E-state index contributed by atoms with van der Waals surface area (Å²) in [6.45, 7) is 4.74. The maximum absolute atomic E-state index is 13.3. The third-order valence-corrected chi connectivity index (χ3v) is 6.49. The summed E-state index contributed by atoms with van der Waals surface area (Å²) in [6.07, 6.45) is 8.73. The molecule has 2 heterocycles. The number of rotatable bonds is 5. The number of amides is 1. The molecule has 3 fully saturated rings. The van der Waals surface area contributed by atoms with E-state index in [0.717, 1.165) is 32.6 Å². The number of carbonyl (C=O) groups is 1. The van der Waals surface area contributed by atoms with Crippen LogP contribution in [0.3, 0.4) is 0 Å². The highest BCUT2D eigenvalue weighted by Crippen LogP contribution is 2.30. The predicted octanol–water partition coefficient (Wildman–Crippen LogP) is 1.76. The van der Waals surface area contributed by atoms with Crippen LogP contribution >= 0.6 is 0 Å². The summed E-state index contributed by atoms with van der Waals surface area (Å²) in [4.78, 5) is 17.8. The summed E-state index contributed by atoms with van der Waals surface area (Å²) in [6, 6.07) is 2.31. The van der Waals surface area contributed by atoms with Crippen LogP contribution in [0.4, 0.5) is 0 Å². The lowest BCUT2D eigenvalue weighted by Gasteiger charge is -2.40. The van der Waals surface area contributed by atoms with E-state index in [1.165, 1.54) is 32.1 Å². The number of hydrogen-bond acceptors (Lipinski definition) is 5. The van der Waals surface area contributed by atoms with Crippen molar-refractivity contribution in [1.82, 2.24) is 15.1 Å². The van der Waals surface area contributed by atoms with Gasteiger partial charge in [0, 0.05) is 26.2 Å². The molecule has 0 aromatic rings. The Morgan fingerprint density at radius 3 is 2.46 bits per heavy atom. The van der Waals surface area contributed by atoms with Crippen LogP contribution in [0.15, 0.2) is 0 Å². The molecular weight excluding hydrogens is 328 g/mol. The van der Waals surface area contributed by atoms with Gasteiger partial charge in [0.25, 0.3) is 0 Å². The highest BCUT2D eigenvalue weighted by atomic mass is 16.5. The number of hydrogen-bond donors (Lipinski definition) is 1. The fourth-order valence-electron chi connectivity index (χ4n) is 4.63. The average Bonchev–Trinajstić information content (AvgIpc) is 2.69. The molecule has 0 radical (unpaired) electrons. The van der Waals surface area contributed by atoms with Crippen LogP contribution in [0.1, 0.15) is 51.4 Å². The summed E-state index contributed by atoms with van der Waals surface area (Å²) in [5.41, 5.74) is -0.694. The topological polar surface area (TPSA) is 68.6 Å². The van der Waals surface area contributed by atoms with E-state index in [0.29, 0.717) is 32.0 Å². The molecule has 6 heteroatoms. The summed E-state index contributed by atoms with van der Waals surface area (Å²) >= 11 is 0. The third-order valence-electron chi connectivity index (χ3n) is 6.49. The van der Waals surface area contributed by atoms with Gasteiger partial charge < -0.3 is 15.0 Å². The molecule has 0 aromatic heterocycles. The Hall–Kier alpha value is -1.16. The number of nitrogens with one attached hydrogen (secondary N) is 1. The van der Waals surface area contributed by atoms with Crippen LogP contribution < -0.4 is 5.32 Å². The van der Waals surface area contributed by atoms with Crippen molar-refractivity contribution >= 4 is 5.91 Å². The molecule has 1 saturated carbocycles. The monoisotopic (exact) mass is 362 g/mol. The molecule has 0 bridgehead atoms. The van der Waals surface area contributed by atoms with Gasteiger partial charge in [-0.2, -0.15) is 5.26 Å². The van der Waals surface area contributed by atoms with Crippen molar-refractivity contribution in [2.24, 2.45) is 5.92 Å². The molecule has 3 rings (SSSR count). The molecule has 0 spiro atoms. The second-order valence-electron chi connectivity index (χ2n) is 8.39. The van der Waals surface area contributed by atoms with Crippen LogP contribution in [0.25, 0.3) is 0 Å². The first-order valence-corrected chi connectivity index (χ1v) is 10.4. The minimum absolute atomic E-state index is 0.0589. The summed E-state index contributed by atoms with van der Waals surface area (Å²) in [7, 11) is 2.07. The maximum atomic E-state index is 13.3. The summed E-state index contributed by atoms with van der Waals surface area (Å²) in [5.74, 6) is 0.696. The van der Waals surface area contributed by atoms with E-state index in [4.69, 9.17) is 4.74 Å². The van der Waals surface area contributed by atoms with Crippen molar-refractivity contribution in [2.45, 2.75) is 62.9 Å². The van der Waals surface area contributed by atoms with E-state index < -0.39 is 5.54 Å². The molecule has 1 amide bonds. The lowest BCUT2D eigenvalue weighted by molar-refractivity contribution is -0.131. The van der Waals surface area contributed by atoms with Crippen molar-refractivity contribution in [3.63, 3.8) is 0 Å². The first kappa shape index (κ1) is 19.6. The molecule has 1 unspecified atom stereocenters. The highest BCUT2D eigenvalue weighted by Gasteiger charge is 2.39. The lowest BCUT2D eigenvalue weighted by atomic mass is 9.83. The molecular formula is C20H34N4O2. The smallest absolute Gasteiger partial charge is 0.238 e. The lowest BCUT2D eigenvalue weighted by Crippen LogP contribution is -2.59. The molecule has 146 valence electrons. The predicted molar refractivity (Wildman–Crippen MR) is 101 cm³/mol. The van der Waals surface area contributed by atoms with E-state index >= 15 is 0 Å². The van der Waals surface area contributed by atoms with Gasteiger partial charge >= 0.3 is 0 Å². The van der Waals surface area contributed by atoms with Crippen LogP contribution in [0.2, 0.25) is 0 Å². The Balaban J connectivity index is 1.67. The van der Waals surface area contributed by atoms with Gasteiger partial charge in [-0.05, 0) is 32.2 Å². The molecule has 6 nitrogen and oxygen atoms in total. The molecule has 1 atom stereocenters. The van der Waals surface area contributed by atoms with Gasteiger partial charge in [0.05, 0.1) is 25.3 Å². The number of nitriles is 1. The van der Waals surface area contributed by atoms with E-state index in [1.807, 2.05) is 0 Å². The van der Waals surface area contributed by atoms with Crippen molar-refractivity contribution < 1.29 is 9.53 Å². The maximum Gasteiger partial charge on any atom is 0.238 e. The Morgan fingerprint density at radius 2 is 1.85 bits per heavy atom. The van der Waals surface area contributed by atoms with E-state index in [9.17, 15) is 10.1 Å². The largest absolute Gasteiger partial charge is 0.379 e. The molecule has 26 heavy (non-hydrogen) atoms. The quantitative estimate of drug-likeness (QED) is 0.807. The van der Waals surface area contributed by atoms with Crippen molar-refractivity contribution in [1.29, 1.82) is 5.26 Å². The number of morpholine rings is 1. The zero-order chi connectivity index (χ0) is 18.4. The van der Waals surface area contributed by atoms with Gasteiger partial charge in [0.1, 0.15) is 5.54 Å². The Kier molecular flexibility index (Phi) is 6.91. The normalized spacial score (nSPS) is 26.8. The van der Waals surface area contributed by atoms with E-state index in [-0.39, 0.29) is 11.9 Å². The van der Waals surface area contributed by atoms with Crippen LogP contribution in [0, 0.1) is 17.2 Å². The van der Waals surface area contributed by atoms with Crippen molar-refractivity contribution in [3.05, 3.63) is 0 Å². The molecule has 2 aliphatic heterocycles. The highest BCUT2D eigenvalue weighted by molar-refractivity contribution is 5.83. The second-order valence-corrected chi connectivity index (χ2v) is 8.39. The molecule has 3 aliphatic rings. The van der Waals surface area contributed by atoms with Crippen LogP contribution in [-0.4, -0.2) is 73.7 Å². The number of ether oxygens (including phenoxy) is 1. The number of carbonyl (C=O) groups excluding carboxylic acids is 1. The van der Waals surface area contributed by atoms with Crippen LogP contribution in [-0.2, 0) is 9.53 Å².